The maximum atomic E-state index is 11.0. The molecule has 0 fully saturated rings. The lowest BCUT2D eigenvalue weighted by Gasteiger charge is -2.31. The Labute approximate surface area is 250 Å². The van der Waals surface area contributed by atoms with E-state index in [9.17, 15) is 5.11 Å². The Morgan fingerprint density at radius 3 is 1.95 bits per heavy atom. The lowest BCUT2D eigenvalue weighted by molar-refractivity contribution is 0.477. The van der Waals surface area contributed by atoms with E-state index in [2.05, 4.69) is 77.8 Å². The van der Waals surface area contributed by atoms with Crippen molar-refractivity contribution >= 4 is 0 Å². The van der Waals surface area contributed by atoms with Gasteiger partial charge in [-0.3, -0.25) is 4.98 Å². The fourth-order valence-electron chi connectivity index (χ4n) is 6.58. The van der Waals surface area contributed by atoms with Crippen LogP contribution in [0.25, 0.3) is 44.9 Å². The van der Waals surface area contributed by atoms with Crippen molar-refractivity contribution in [1.82, 2.24) is 15.0 Å². The molecule has 4 heteroatoms. The lowest BCUT2D eigenvalue weighted by Crippen LogP contribution is -2.30. The molecule has 1 aliphatic rings. The lowest BCUT2D eigenvalue weighted by atomic mass is 9.72. The standard InChI is InChI=1S/C39H27N3O/c43-36-25-27(26-11-2-1-3-12-26)20-21-30(36)33-17-10-18-34(41-33)35-22-23-38(42-35)39(37-19-8-9-24-40-37)31-15-6-4-13-28(31)29-14-5-7-16-32(29)39/h1-25,42-43H. The Bertz CT molecular complexity index is 2050. The van der Waals surface area contributed by atoms with E-state index in [0.29, 0.717) is 11.3 Å². The van der Waals surface area contributed by atoms with Gasteiger partial charge >= 0.3 is 0 Å². The van der Waals surface area contributed by atoms with E-state index in [1.807, 2.05) is 72.9 Å². The number of aromatic hydroxyl groups is 1. The monoisotopic (exact) mass is 553 g/mol. The Morgan fingerprint density at radius 2 is 1.23 bits per heavy atom. The summed E-state index contributed by atoms with van der Waals surface area (Å²) in [5, 5.41) is 11.0. The summed E-state index contributed by atoms with van der Waals surface area (Å²) in [6.45, 7) is 0. The third-order valence-corrected chi connectivity index (χ3v) is 8.50. The van der Waals surface area contributed by atoms with Crippen molar-refractivity contribution in [2.24, 2.45) is 0 Å². The first-order valence-electron chi connectivity index (χ1n) is 14.4. The molecule has 43 heavy (non-hydrogen) atoms. The third-order valence-electron chi connectivity index (χ3n) is 8.50. The van der Waals surface area contributed by atoms with Crippen molar-refractivity contribution in [2.45, 2.75) is 5.41 Å². The number of benzene rings is 4. The van der Waals surface area contributed by atoms with Gasteiger partial charge in [0.15, 0.2) is 0 Å². The highest BCUT2D eigenvalue weighted by Crippen LogP contribution is 2.55. The largest absolute Gasteiger partial charge is 0.507 e. The second-order valence-corrected chi connectivity index (χ2v) is 10.8. The molecule has 0 aliphatic heterocycles. The first kappa shape index (κ1) is 25.0. The Kier molecular flexibility index (Phi) is 5.80. The second-order valence-electron chi connectivity index (χ2n) is 10.8. The number of aromatic amines is 1. The number of aromatic nitrogens is 3. The SMILES string of the molecule is Oc1cc(-c2ccccc2)ccc1-c1cccc(-c2ccc(C3(c4ccccn4)c4ccccc4-c4ccccc43)[nH]2)n1. The number of nitrogens with zero attached hydrogens (tertiary/aromatic N) is 2. The molecular formula is C39H27N3O. The normalized spacial score (nSPS) is 12.9. The molecule has 0 saturated heterocycles. The summed E-state index contributed by atoms with van der Waals surface area (Å²) < 4.78 is 0. The van der Waals surface area contributed by atoms with Crippen LogP contribution in [0, 0.1) is 0 Å². The summed E-state index contributed by atoms with van der Waals surface area (Å²) in [6.07, 6.45) is 1.87. The molecule has 1 aliphatic carbocycles. The van der Waals surface area contributed by atoms with Gasteiger partial charge in [-0.1, -0.05) is 97.1 Å². The van der Waals surface area contributed by atoms with E-state index >= 15 is 0 Å². The van der Waals surface area contributed by atoms with Crippen LogP contribution in [0.2, 0.25) is 0 Å². The maximum absolute atomic E-state index is 11.0. The van der Waals surface area contributed by atoms with Crippen LogP contribution in [0.4, 0.5) is 0 Å². The zero-order valence-corrected chi connectivity index (χ0v) is 23.3. The van der Waals surface area contributed by atoms with E-state index in [1.54, 1.807) is 6.07 Å². The van der Waals surface area contributed by atoms with E-state index in [1.165, 1.54) is 22.3 Å². The minimum atomic E-state index is -0.601. The number of rotatable bonds is 5. The molecule has 7 aromatic rings. The summed E-state index contributed by atoms with van der Waals surface area (Å²) >= 11 is 0. The van der Waals surface area contributed by atoms with Gasteiger partial charge in [0.25, 0.3) is 0 Å². The fourth-order valence-corrected chi connectivity index (χ4v) is 6.58. The van der Waals surface area contributed by atoms with Crippen LogP contribution in [0.15, 0.2) is 152 Å². The highest BCUT2D eigenvalue weighted by molar-refractivity contribution is 5.85. The van der Waals surface area contributed by atoms with Crippen LogP contribution in [0.5, 0.6) is 5.75 Å². The number of hydrogen-bond acceptors (Lipinski definition) is 3. The van der Waals surface area contributed by atoms with Gasteiger partial charge < -0.3 is 10.1 Å². The average molecular weight is 554 g/mol. The number of pyridine rings is 2. The molecule has 0 spiro atoms. The van der Waals surface area contributed by atoms with Gasteiger partial charge in [0.2, 0.25) is 0 Å². The van der Waals surface area contributed by atoms with Gasteiger partial charge in [-0.05, 0) is 81.9 Å². The van der Waals surface area contributed by atoms with Gasteiger partial charge in [-0.2, -0.15) is 0 Å². The van der Waals surface area contributed by atoms with Crippen LogP contribution in [-0.2, 0) is 5.41 Å². The number of phenols is 1. The average Bonchev–Trinajstić information content (AvgIpc) is 3.68. The van der Waals surface area contributed by atoms with E-state index in [4.69, 9.17) is 9.97 Å². The second kappa shape index (κ2) is 9.97. The van der Waals surface area contributed by atoms with Crippen LogP contribution >= 0.6 is 0 Å². The molecule has 0 unspecified atom stereocenters. The fraction of sp³-hybridized carbons (Fsp3) is 0.0256. The molecule has 2 N–H and O–H groups in total. The van der Waals surface area contributed by atoms with Gasteiger partial charge in [0.1, 0.15) is 11.2 Å². The third kappa shape index (κ3) is 3.92. The zero-order chi connectivity index (χ0) is 28.8. The molecule has 0 amide bonds. The number of hydrogen-bond donors (Lipinski definition) is 2. The van der Waals surface area contributed by atoms with Crippen molar-refractivity contribution in [1.29, 1.82) is 0 Å². The first-order valence-corrected chi connectivity index (χ1v) is 14.4. The zero-order valence-electron chi connectivity index (χ0n) is 23.3. The van der Waals surface area contributed by atoms with Gasteiger partial charge in [-0.15, -0.1) is 0 Å². The highest BCUT2D eigenvalue weighted by atomic mass is 16.3. The van der Waals surface area contributed by atoms with Crippen molar-refractivity contribution in [3.63, 3.8) is 0 Å². The van der Waals surface area contributed by atoms with E-state index < -0.39 is 5.41 Å². The Morgan fingerprint density at radius 1 is 0.535 bits per heavy atom. The molecule has 204 valence electrons. The predicted octanol–water partition coefficient (Wildman–Crippen LogP) is 8.87. The maximum Gasteiger partial charge on any atom is 0.125 e. The molecule has 0 atom stereocenters. The molecule has 4 aromatic carbocycles. The summed E-state index contributed by atoms with van der Waals surface area (Å²) in [5.74, 6) is 0.200. The molecule has 4 nitrogen and oxygen atoms in total. The predicted molar refractivity (Wildman–Crippen MR) is 172 cm³/mol. The molecule has 0 bridgehead atoms. The van der Waals surface area contributed by atoms with Gasteiger partial charge in [-0.25, -0.2) is 4.98 Å². The van der Waals surface area contributed by atoms with Crippen LogP contribution < -0.4 is 0 Å². The molecule has 3 aromatic heterocycles. The summed E-state index contributed by atoms with van der Waals surface area (Å²) in [4.78, 5) is 13.7. The summed E-state index contributed by atoms with van der Waals surface area (Å²) in [7, 11) is 0. The molecule has 3 heterocycles. The Hall–Kier alpha value is -5.74. The summed E-state index contributed by atoms with van der Waals surface area (Å²) in [5.41, 5.74) is 11.3. The van der Waals surface area contributed by atoms with Crippen molar-refractivity contribution < 1.29 is 5.11 Å². The number of fused-ring (bicyclic) bond motifs is 3. The number of phenolic OH excluding ortho intramolecular Hbond substituents is 1. The van der Waals surface area contributed by atoms with Gasteiger partial charge in [0.05, 0.1) is 22.8 Å². The number of nitrogens with one attached hydrogen (secondary N) is 1. The highest BCUT2D eigenvalue weighted by Gasteiger charge is 2.48. The number of H-pyrrole nitrogens is 1. The molecule has 0 radical (unpaired) electrons. The first-order chi connectivity index (χ1) is 21.2. The van der Waals surface area contributed by atoms with Crippen LogP contribution in [0.3, 0.4) is 0 Å². The van der Waals surface area contributed by atoms with Crippen molar-refractivity contribution in [3.8, 4) is 50.6 Å². The van der Waals surface area contributed by atoms with E-state index in [-0.39, 0.29) is 5.75 Å². The Balaban J connectivity index is 1.24. The minimum Gasteiger partial charge on any atom is -0.507 e. The van der Waals surface area contributed by atoms with Crippen LogP contribution in [-0.4, -0.2) is 20.1 Å². The topological polar surface area (TPSA) is 61.8 Å². The van der Waals surface area contributed by atoms with Crippen molar-refractivity contribution in [3.05, 3.63) is 174 Å². The van der Waals surface area contributed by atoms with E-state index in [0.717, 1.165) is 33.9 Å². The summed E-state index contributed by atoms with van der Waals surface area (Å²) in [6, 6.07) is 49.3. The van der Waals surface area contributed by atoms with Crippen LogP contribution in [0.1, 0.15) is 22.5 Å². The van der Waals surface area contributed by atoms with Gasteiger partial charge in [0, 0.05) is 17.5 Å². The quantitative estimate of drug-likeness (QED) is 0.224. The smallest absolute Gasteiger partial charge is 0.125 e. The molecule has 8 rings (SSSR count). The molecule has 0 saturated carbocycles. The van der Waals surface area contributed by atoms with Crippen molar-refractivity contribution in [2.75, 3.05) is 0 Å². The minimum absolute atomic E-state index is 0.200. The molecular weight excluding hydrogens is 526 g/mol.